The maximum Gasteiger partial charge on any atom is 0.123 e. The number of benzene rings is 1. The monoisotopic (exact) mass is 209 g/mol. The average Bonchev–Trinajstić information content (AvgIpc) is 3.05. The van der Waals surface area contributed by atoms with Gasteiger partial charge in [0.15, 0.2) is 0 Å². The molecule has 2 nitrogen and oxygen atoms in total. The van der Waals surface area contributed by atoms with Gasteiger partial charge in [-0.05, 0) is 36.5 Å². The normalized spacial score (nSPS) is 19.9. The van der Waals surface area contributed by atoms with Crippen LogP contribution in [0.25, 0.3) is 0 Å². The molecule has 82 valence electrons. The first-order chi connectivity index (χ1) is 7.22. The molecule has 1 aliphatic rings. The lowest BCUT2D eigenvalue weighted by Gasteiger charge is -2.21. The number of hydrogen-bond donors (Lipinski definition) is 2. The zero-order chi connectivity index (χ0) is 10.8. The Labute approximate surface area is 88.9 Å². The van der Waals surface area contributed by atoms with Gasteiger partial charge in [-0.1, -0.05) is 12.1 Å². The summed E-state index contributed by atoms with van der Waals surface area (Å²) in [5, 5.41) is 10.00. The largest absolute Gasteiger partial charge is 0.392 e. The summed E-state index contributed by atoms with van der Waals surface area (Å²) < 4.78 is 12.7. The Morgan fingerprint density at radius 1 is 1.33 bits per heavy atom. The zero-order valence-corrected chi connectivity index (χ0v) is 8.57. The molecule has 0 heterocycles. The average molecular weight is 209 g/mol. The van der Waals surface area contributed by atoms with Gasteiger partial charge < -0.3 is 10.8 Å². The highest BCUT2D eigenvalue weighted by Crippen LogP contribution is 2.38. The summed E-state index contributed by atoms with van der Waals surface area (Å²) in [7, 11) is 0. The predicted octanol–water partition coefficient (Wildman–Crippen LogP) is 1.64. The molecule has 3 N–H and O–H groups in total. The first kappa shape index (κ1) is 10.6. The molecule has 1 aliphatic carbocycles. The number of nitrogens with two attached hydrogens (primary N) is 1. The number of hydrogen-bond acceptors (Lipinski definition) is 2. The second kappa shape index (κ2) is 4.29. The molecule has 3 heteroatoms. The molecule has 2 unspecified atom stereocenters. The van der Waals surface area contributed by atoms with E-state index in [-0.39, 0.29) is 17.8 Å². The van der Waals surface area contributed by atoms with Crippen molar-refractivity contribution < 1.29 is 9.50 Å². The highest BCUT2D eigenvalue weighted by atomic mass is 19.1. The quantitative estimate of drug-likeness (QED) is 0.791. The van der Waals surface area contributed by atoms with Crippen LogP contribution in [0.15, 0.2) is 24.3 Å². The molecular weight excluding hydrogens is 193 g/mol. The summed E-state index contributed by atoms with van der Waals surface area (Å²) in [6, 6.07) is 6.24. The number of aliphatic hydroxyl groups excluding tert-OH is 1. The highest BCUT2D eigenvalue weighted by Gasteiger charge is 2.35. The van der Waals surface area contributed by atoms with E-state index in [2.05, 4.69) is 0 Å². The number of rotatable bonds is 4. The van der Waals surface area contributed by atoms with Crippen molar-refractivity contribution in [3.8, 4) is 0 Å². The maximum absolute atomic E-state index is 12.7. The standard InChI is InChI=1S/C12H16FNO/c13-10-5-3-8(4-6-10)11(7-14)12(15)9-1-2-9/h3-6,9,11-12,15H,1-2,7,14H2. The van der Waals surface area contributed by atoms with Crippen molar-refractivity contribution in [2.45, 2.75) is 24.9 Å². The van der Waals surface area contributed by atoms with Crippen LogP contribution in [-0.4, -0.2) is 17.8 Å². The molecule has 1 aromatic carbocycles. The fourth-order valence-corrected chi connectivity index (χ4v) is 1.95. The smallest absolute Gasteiger partial charge is 0.123 e. The predicted molar refractivity (Wildman–Crippen MR) is 56.9 cm³/mol. The molecule has 1 saturated carbocycles. The molecule has 0 spiro atoms. The van der Waals surface area contributed by atoms with Gasteiger partial charge in [-0.15, -0.1) is 0 Å². The van der Waals surface area contributed by atoms with E-state index in [0.717, 1.165) is 18.4 Å². The summed E-state index contributed by atoms with van der Waals surface area (Å²) in [6.07, 6.45) is 1.79. The van der Waals surface area contributed by atoms with E-state index in [9.17, 15) is 9.50 Å². The lowest BCUT2D eigenvalue weighted by Crippen LogP contribution is -2.27. The molecule has 0 radical (unpaired) electrons. The molecule has 2 rings (SSSR count). The highest BCUT2D eigenvalue weighted by molar-refractivity contribution is 5.22. The van der Waals surface area contributed by atoms with Crippen molar-refractivity contribution in [1.82, 2.24) is 0 Å². The van der Waals surface area contributed by atoms with Crippen LogP contribution in [0.2, 0.25) is 0 Å². The fourth-order valence-electron chi connectivity index (χ4n) is 1.95. The Morgan fingerprint density at radius 2 is 1.93 bits per heavy atom. The Hall–Kier alpha value is -0.930. The molecule has 0 amide bonds. The van der Waals surface area contributed by atoms with Crippen LogP contribution >= 0.6 is 0 Å². The van der Waals surface area contributed by atoms with Gasteiger partial charge in [0.2, 0.25) is 0 Å². The Bertz CT molecular complexity index is 321. The SMILES string of the molecule is NCC(c1ccc(F)cc1)C(O)C1CC1. The molecule has 0 bridgehead atoms. The minimum atomic E-state index is -0.375. The van der Waals surface area contributed by atoms with Crippen molar-refractivity contribution >= 4 is 0 Å². The fraction of sp³-hybridized carbons (Fsp3) is 0.500. The Kier molecular flexibility index (Phi) is 3.03. The Morgan fingerprint density at radius 3 is 2.40 bits per heavy atom. The van der Waals surface area contributed by atoms with E-state index < -0.39 is 0 Å². The van der Waals surface area contributed by atoms with Crippen molar-refractivity contribution in [3.05, 3.63) is 35.6 Å². The van der Waals surface area contributed by atoms with Gasteiger partial charge >= 0.3 is 0 Å². The third kappa shape index (κ3) is 2.36. The van der Waals surface area contributed by atoms with Gasteiger partial charge in [0.25, 0.3) is 0 Å². The van der Waals surface area contributed by atoms with Crippen LogP contribution in [0.5, 0.6) is 0 Å². The second-order valence-corrected chi connectivity index (χ2v) is 4.22. The topological polar surface area (TPSA) is 46.2 Å². The van der Waals surface area contributed by atoms with Crippen LogP contribution in [0.4, 0.5) is 4.39 Å². The van der Waals surface area contributed by atoms with Crippen LogP contribution in [0.1, 0.15) is 24.3 Å². The van der Waals surface area contributed by atoms with Gasteiger partial charge in [-0.25, -0.2) is 4.39 Å². The van der Waals surface area contributed by atoms with Crippen LogP contribution in [0.3, 0.4) is 0 Å². The minimum absolute atomic E-state index is 0.0573. The zero-order valence-electron chi connectivity index (χ0n) is 8.57. The molecule has 1 fully saturated rings. The van der Waals surface area contributed by atoms with E-state index in [0.29, 0.717) is 12.5 Å². The summed E-state index contributed by atoms with van der Waals surface area (Å²) >= 11 is 0. The third-order valence-corrected chi connectivity index (χ3v) is 3.07. The summed E-state index contributed by atoms with van der Waals surface area (Å²) in [4.78, 5) is 0. The summed E-state index contributed by atoms with van der Waals surface area (Å²) in [6.45, 7) is 0.406. The maximum atomic E-state index is 12.7. The van der Waals surface area contributed by atoms with Gasteiger partial charge in [-0.2, -0.15) is 0 Å². The van der Waals surface area contributed by atoms with Crippen LogP contribution in [0, 0.1) is 11.7 Å². The van der Waals surface area contributed by atoms with Gasteiger partial charge in [-0.3, -0.25) is 0 Å². The minimum Gasteiger partial charge on any atom is -0.392 e. The first-order valence-corrected chi connectivity index (χ1v) is 5.36. The van der Waals surface area contributed by atoms with Crippen molar-refractivity contribution in [2.75, 3.05) is 6.54 Å². The first-order valence-electron chi connectivity index (χ1n) is 5.36. The van der Waals surface area contributed by atoms with Crippen molar-refractivity contribution in [1.29, 1.82) is 0 Å². The van der Waals surface area contributed by atoms with E-state index in [4.69, 9.17) is 5.73 Å². The summed E-state index contributed by atoms with van der Waals surface area (Å²) in [5.74, 6) is 0.0807. The molecule has 2 atom stereocenters. The Balaban J connectivity index is 2.14. The third-order valence-electron chi connectivity index (χ3n) is 3.07. The van der Waals surface area contributed by atoms with Crippen molar-refractivity contribution in [3.63, 3.8) is 0 Å². The summed E-state index contributed by atoms with van der Waals surface area (Å²) in [5.41, 5.74) is 6.58. The molecule has 0 saturated heterocycles. The van der Waals surface area contributed by atoms with Crippen LogP contribution < -0.4 is 5.73 Å². The van der Waals surface area contributed by atoms with Crippen molar-refractivity contribution in [2.24, 2.45) is 11.7 Å². The van der Waals surface area contributed by atoms with E-state index in [1.807, 2.05) is 0 Å². The molecule has 0 aliphatic heterocycles. The van der Waals surface area contributed by atoms with Gasteiger partial charge in [0.05, 0.1) is 6.10 Å². The molecule has 1 aromatic rings. The van der Waals surface area contributed by atoms with Gasteiger partial charge in [0, 0.05) is 12.5 Å². The second-order valence-electron chi connectivity index (χ2n) is 4.22. The number of halogens is 1. The molecular formula is C12H16FNO. The lowest BCUT2D eigenvalue weighted by molar-refractivity contribution is 0.123. The molecule has 15 heavy (non-hydrogen) atoms. The van der Waals surface area contributed by atoms with E-state index in [1.54, 1.807) is 12.1 Å². The van der Waals surface area contributed by atoms with E-state index >= 15 is 0 Å². The molecule has 0 aromatic heterocycles. The van der Waals surface area contributed by atoms with Gasteiger partial charge in [0.1, 0.15) is 5.82 Å². The lowest BCUT2D eigenvalue weighted by atomic mass is 9.91. The van der Waals surface area contributed by atoms with E-state index in [1.165, 1.54) is 12.1 Å². The number of aliphatic hydroxyl groups is 1. The van der Waals surface area contributed by atoms with Crippen LogP contribution in [-0.2, 0) is 0 Å².